The molecule has 0 heterocycles. The fraction of sp³-hybridized carbons (Fsp3) is 0.500. The minimum Gasteiger partial charge on any atom is -0.294 e. The SMILES string of the molecule is CC1(C)C(C(=O)c2ccc(Cl)cc2Cl)C1(C)C. The Morgan fingerprint density at radius 1 is 1.12 bits per heavy atom. The molecule has 0 spiro atoms. The van der Waals surface area contributed by atoms with Gasteiger partial charge in [-0.05, 0) is 29.0 Å². The van der Waals surface area contributed by atoms with Crippen molar-refractivity contribution in [3.05, 3.63) is 33.8 Å². The molecule has 1 aliphatic carbocycles. The Balaban J connectivity index is 2.35. The van der Waals surface area contributed by atoms with E-state index in [4.69, 9.17) is 23.2 Å². The van der Waals surface area contributed by atoms with Gasteiger partial charge in [-0.1, -0.05) is 50.9 Å². The van der Waals surface area contributed by atoms with Crippen molar-refractivity contribution in [1.29, 1.82) is 0 Å². The molecule has 1 saturated carbocycles. The molecule has 92 valence electrons. The Morgan fingerprint density at radius 3 is 2.06 bits per heavy atom. The Morgan fingerprint density at radius 2 is 1.65 bits per heavy atom. The lowest BCUT2D eigenvalue weighted by Gasteiger charge is -2.05. The van der Waals surface area contributed by atoms with Gasteiger partial charge in [-0.15, -0.1) is 0 Å². The molecule has 0 amide bonds. The Bertz CT molecular complexity index is 475. The first-order valence-corrected chi connectivity index (χ1v) is 6.44. The molecule has 0 unspecified atom stereocenters. The Labute approximate surface area is 112 Å². The molecule has 0 aliphatic heterocycles. The van der Waals surface area contributed by atoms with E-state index in [0.717, 1.165) is 0 Å². The van der Waals surface area contributed by atoms with Gasteiger partial charge in [-0.3, -0.25) is 4.79 Å². The molecule has 0 saturated heterocycles. The normalized spacial score (nSPS) is 21.3. The predicted octanol–water partition coefficient (Wildman–Crippen LogP) is 4.86. The van der Waals surface area contributed by atoms with E-state index in [1.807, 2.05) is 0 Å². The van der Waals surface area contributed by atoms with Gasteiger partial charge in [0.05, 0.1) is 5.02 Å². The van der Waals surface area contributed by atoms with Gasteiger partial charge < -0.3 is 0 Å². The van der Waals surface area contributed by atoms with Crippen LogP contribution in [-0.4, -0.2) is 5.78 Å². The maximum absolute atomic E-state index is 12.4. The van der Waals surface area contributed by atoms with Gasteiger partial charge in [0.15, 0.2) is 5.78 Å². The number of hydrogen-bond donors (Lipinski definition) is 0. The molecule has 0 aromatic heterocycles. The topological polar surface area (TPSA) is 17.1 Å². The van der Waals surface area contributed by atoms with Crippen LogP contribution in [0.5, 0.6) is 0 Å². The lowest BCUT2D eigenvalue weighted by atomic mass is 10.0. The first kappa shape index (κ1) is 12.9. The second-order valence-corrected chi connectivity index (χ2v) is 6.71. The van der Waals surface area contributed by atoms with Crippen LogP contribution in [0.3, 0.4) is 0 Å². The second-order valence-electron chi connectivity index (χ2n) is 5.86. The fourth-order valence-electron chi connectivity index (χ4n) is 2.70. The summed E-state index contributed by atoms with van der Waals surface area (Å²) in [6, 6.07) is 5.05. The van der Waals surface area contributed by atoms with Gasteiger partial charge in [0.1, 0.15) is 0 Å². The van der Waals surface area contributed by atoms with Crippen LogP contribution in [0.1, 0.15) is 38.1 Å². The summed E-state index contributed by atoms with van der Waals surface area (Å²) in [5, 5.41) is 1.00. The highest BCUT2D eigenvalue weighted by molar-refractivity contribution is 6.37. The summed E-state index contributed by atoms with van der Waals surface area (Å²) >= 11 is 11.9. The van der Waals surface area contributed by atoms with Crippen LogP contribution in [0.2, 0.25) is 10.0 Å². The summed E-state index contributed by atoms with van der Waals surface area (Å²) < 4.78 is 0. The largest absolute Gasteiger partial charge is 0.294 e. The summed E-state index contributed by atoms with van der Waals surface area (Å²) in [7, 11) is 0. The highest BCUT2D eigenvalue weighted by Gasteiger charge is 2.67. The molecule has 2 rings (SSSR count). The monoisotopic (exact) mass is 270 g/mol. The first-order chi connectivity index (χ1) is 7.69. The lowest BCUT2D eigenvalue weighted by molar-refractivity contribution is 0.0945. The number of carbonyl (C=O) groups is 1. The fourth-order valence-corrected chi connectivity index (χ4v) is 3.20. The molecule has 0 radical (unpaired) electrons. The van der Waals surface area contributed by atoms with Gasteiger partial charge in [0.25, 0.3) is 0 Å². The number of halogens is 2. The smallest absolute Gasteiger partial charge is 0.168 e. The highest BCUT2D eigenvalue weighted by Crippen LogP contribution is 2.69. The van der Waals surface area contributed by atoms with E-state index in [9.17, 15) is 4.79 Å². The van der Waals surface area contributed by atoms with E-state index in [0.29, 0.717) is 15.6 Å². The average molecular weight is 271 g/mol. The van der Waals surface area contributed by atoms with Crippen LogP contribution in [0.4, 0.5) is 0 Å². The van der Waals surface area contributed by atoms with Crippen molar-refractivity contribution in [1.82, 2.24) is 0 Å². The standard InChI is InChI=1S/C14H16Cl2O/c1-13(2)12(14(13,3)4)11(17)9-6-5-8(15)7-10(9)16/h5-7,12H,1-4H3. The maximum atomic E-state index is 12.4. The number of rotatable bonds is 2. The Hall–Kier alpha value is -0.530. The molecule has 0 bridgehead atoms. The third kappa shape index (κ3) is 1.80. The van der Waals surface area contributed by atoms with Crippen LogP contribution >= 0.6 is 23.2 Å². The van der Waals surface area contributed by atoms with Crippen LogP contribution in [0, 0.1) is 16.7 Å². The molecule has 0 atom stereocenters. The van der Waals surface area contributed by atoms with Gasteiger partial charge in [0.2, 0.25) is 0 Å². The minimum absolute atomic E-state index is 0.0348. The van der Waals surface area contributed by atoms with E-state index in [1.54, 1.807) is 18.2 Å². The zero-order valence-corrected chi connectivity index (χ0v) is 12.0. The van der Waals surface area contributed by atoms with Gasteiger partial charge in [-0.2, -0.15) is 0 Å². The number of carbonyl (C=O) groups excluding carboxylic acids is 1. The molecule has 3 heteroatoms. The zero-order chi connectivity index (χ0) is 13.0. The third-order valence-corrected chi connectivity index (χ3v) is 5.03. The maximum Gasteiger partial charge on any atom is 0.168 e. The third-order valence-electron chi connectivity index (χ3n) is 4.48. The van der Waals surface area contributed by atoms with Crippen molar-refractivity contribution in [2.45, 2.75) is 27.7 Å². The van der Waals surface area contributed by atoms with Crippen LogP contribution in [-0.2, 0) is 0 Å². The van der Waals surface area contributed by atoms with Crippen molar-refractivity contribution in [3.8, 4) is 0 Å². The number of ketones is 1. The summed E-state index contributed by atoms with van der Waals surface area (Å²) in [6.45, 7) is 8.50. The number of Topliss-reactive ketones (excluding diaryl/α,β-unsaturated/α-hetero) is 1. The molecular formula is C14H16Cl2O. The summed E-state index contributed by atoms with van der Waals surface area (Å²) in [4.78, 5) is 12.4. The average Bonchev–Trinajstić information content (AvgIpc) is 2.56. The summed E-state index contributed by atoms with van der Waals surface area (Å²) in [6.07, 6.45) is 0. The van der Waals surface area contributed by atoms with Gasteiger partial charge in [-0.25, -0.2) is 0 Å². The van der Waals surface area contributed by atoms with Crippen molar-refractivity contribution >= 4 is 29.0 Å². The van der Waals surface area contributed by atoms with E-state index < -0.39 is 0 Å². The van der Waals surface area contributed by atoms with Crippen LogP contribution < -0.4 is 0 Å². The highest BCUT2D eigenvalue weighted by atomic mass is 35.5. The molecule has 1 nitrogen and oxygen atoms in total. The van der Waals surface area contributed by atoms with Gasteiger partial charge in [0, 0.05) is 16.5 Å². The molecule has 1 fully saturated rings. The minimum atomic E-state index is 0.0348. The van der Waals surface area contributed by atoms with E-state index >= 15 is 0 Å². The Kier molecular flexibility index (Phi) is 2.83. The summed E-state index contributed by atoms with van der Waals surface area (Å²) in [5.74, 6) is 0.162. The van der Waals surface area contributed by atoms with Crippen molar-refractivity contribution in [3.63, 3.8) is 0 Å². The second kappa shape index (κ2) is 3.73. The molecule has 17 heavy (non-hydrogen) atoms. The zero-order valence-electron chi connectivity index (χ0n) is 10.5. The summed E-state index contributed by atoms with van der Waals surface area (Å²) in [5.41, 5.74) is 0.653. The lowest BCUT2D eigenvalue weighted by Crippen LogP contribution is -2.08. The predicted molar refractivity (Wildman–Crippen MR) is 71.8 cm³/mol. The van der Waals surface area contributed by atoms with E-state index in [1.165, 1.54) is 0 Å². The molecular weight excluding hydrogens is 255 g/mol. The van der Waals surface area contributed by atoms with Gasteiger partial charge >= 0.3 is 0 Å². The molecule has 1 aromatic rings. The van der Waals surface area contributed by atoms with Crippen molar-refractivity contribution in [2.24, 2.45) is 16.7 Å². The molecule has 0 N–H and O–H groups in total. The van der Waals surface area contributed by atoms with Crippen LogP contribution in [0.25, 0.3) is 0 Å². The van der Waals surface area contributed by atoms with E-state index in [2.05, 4.69) is 27.7 Å². The number of hydrogen-bond acceptors (Lipinski definition) is 1. The first-order valence-electron chi connectivity index (χ1n) is 5.69. The van der Waals surface area contributed by atoms with E-state index in [-0.39, 0.29) is 22.5 Å². The van der Waals surface area contributed by atoms with Crippen molar-refractivity contribution in [2.75, 3.05) is 0 Å². The molecule has 1 aromatic carbocycles. The quantitative estimate of drug-likeness (QED) is 0.702. The number of benzene rings is 1. The van der Waals surface area contributed by atoms with Crippen LogP contribution in [0.15, 0.2) is 18.2 Å². The van der Waals surface area contributed by atoms with Crippen molar-refractivity contribution < 1.29 is 4.79 Å². The molecule has 1 aliphatic rings.